The third-order valence-electron chi connectivity index (χ3n) is 10.8. The summed E-state index contributed by atoms with van der Waals surface area (Å²) in [6.07, 6.45) is 8.40. The first-order valence-corrected chi connectivity index (χ1v) is 19.7. The normalized spacial score (nSPS) is 27.9. The Morgan fingerprint density at radius 1 is 1.10 bits per heavy atom. The van der Waals surface area contributed by atoms with E-state index < -0.39 is 50.6 Å². The highest BCUT2D eigenvalue weighted by molar-refractivity contribution is 7.90. The number of ether oxygens (including phenoxy) is 1. The number of sulfonamides is 1. The van der Waals surface area contributed by atoms with Crippen molar-refractivity contribution in [1.29, 1.82) is 0 Å². The second kappa shape index (κ2) is 14.0. The average Bonchev–Trinajstić information content (AvgIpc) is 3.98. The SMILES string of the molecule is CCn1c(O[C@@H]2C[C@H]3C(=O)C[C@]4(C(=O)NS(=O)(=O)C5CC5)C[C@H]4/C=C\CCCCC[C@H](Nc4cc(C)cc(F)c4)C(=O)N3C2)nc2ccccc21. The van der Waals surface area contributed by atoms with Gasteiger partial charge in [0.1, 0.15) is 18.0 Å². The Hall–Kier alpha value is -4.26. The summed E-state index contributed by atoms with van der Waals surface area (Å²) in [4.78, 5) is 49.1. The molecule has 2 aromatic carbocycles. The molecular formula is C38H46FN5O6S. The fraction of sp³-hybridized carbons (Fsp3) is 0.526. The van der Waals surface area contributed by atoms with Gasteiger partial charge in [0, 0.05) is 25.1 Å². The molecule has 3 heterocycles. The third kappa shape index (κ3) is 7.40. The number of nitrogens with one attached hydrogen (secondary N) is 2. The summed E-state index contributed by atoms with van der Waals surface area (Å²) in [5, 5.41) is 2.69. The van der Waals surface area contributed by atoms with Crippen LogP contribution in [0.25, 0.3) is 11.0 Å². The molecule has 13 heteroatoms. The molecule has 4 aliphatic rings. The molecule has 3 aromatic rings. The molecule has 272 valence electrons. The van der Waals surface area contributed by atoms with Gasteiger partial charge in [-0.15, -0.1) is 0 Å². The van der Waals surface area contributed by atoms with Crippen molar-refractivity contribution in [2.45, 2.75) is 108 Å². The number of para-hydroxylation sites is 2. The van der Waals surface area contributed by atoms with Gasteiger partial charge in [0.05, 0.1) is 34.3 Å². The lowest BCUT2D eigenvalue weighted by Gasteiger charge is -2.30. The number of halogens is 1. The van der Waals surface area contributed by atoms with Crippen molar-refractivity contribution < 1.29 is 31.9 Å². The zero-order valence-corrected chi connectivity index (χ0v) is 30.0. The van der Waals surface area contributed by atoms with Crippen molar-refractivity contribution in [2.75, 3.05) is 11.9 Å². The first-order chi connectivity index (χ1) is 24.5. The minimum Gasteiger partial charge on any atom is -0.459 e. The minimum atomic E-state index is -3.82. The van der Waals surface area contributed by atoms with Crippen molar-refractivity contribution in [3.63, 3.8) is 0 Å². The van der Waals surface area contributed by atoms with Gasteiger partial charge in [-0.05, 0) is 94.2 Å². The molecule has 0 spiro atoms. The summed E-state index contributed by atoms with van der Waals surface area (Å²) in [6.45, 7) is 4.49. The highest BCUT2D eigenvalue weighted by Crippen LogP contribution is 2.57. The van der Waals surface area contributed by atoms with Crippen molar-refractivity contribution in [1.82, 2.24) is 19.2 Å². The number of ketones is 1. The Morgan fingerprint density at radius 3 is 2.67 bits per heavy atom. The molecule has 2 N–H and O–H groups in total. The maximum absolute atomic E-state index is 14.6. The maximum atomic E-state index is 14.6. The molecule has 5 atom stereocenters. The Labute approximate surface area is 298 Å². The number of carbonyl (C=O) groups is 3. The van der Waals surface area contributed by atoms with Crippen LogP contribution in [0, 0.1) is 24.1 Å². The van der Waals surface area contributed by atoms with Gasteiger partial charge in [-0.2, -0.15) is 4.98 Å². The van der Waals surface area contributed by atoms with Gasteiger partial charge in [0.15, 0.2) is 5.78 Å². The number of imidazole rings is 1. The van der Waals surface area contributed by atoms with Crippen LogP contribution in [0.4, 0.5) is 10.1 Å². The molecule has 7 rings (SSSR count). The zero-order valence-electron chi connectivity index (χ0n) is 29.1. The number of carbonyl (C=O) groups excluding carboxylic acids is 3. The highest BCUT2D eigenvalue weighted by Gasteiger charge is 2.61. The number of Topliss-reactive ketones (excluding diaryl/α,β-unsaturated/α-hetero) is 1. The number of benzene rings is 2. The number of nitrogens with zero attached hydrogens (tertiary/aromatic N) is 3. The summed E-state index contributed by atoms with van der Waals surface area (Å²) < 4.78 is 50.8. The van der Waals surface area contributed by atoms with Gasteiger partial charge in [0.25, 0.3) is 6.01 Å². The standard InChI is InChI=1S/C38H46FN5O6S/c1-3-43-32-14-10-9-12-30(32)41-37(43)50-28-20-33-34(45)22-38(36(47)42-51(48,49)29-15-16-29)21-25(38)11-7-5-4-6-8-13-31(35(46)44(33)23-28)40-27-18-24(2)17-26(39)19-27/h7,9-12,14,17-19,25,28-29,31,33,40H,3-6,8,13,15-16,20-23H2,1-2H3,(H,42,47)/b11-7-/t25-,28-,31+,33+,38-/m1/s1. The fourth-order valence-electron chi connectivity index (χ4n) is 7.81. The van der Waals surface area contributed by atoms with Crippen LogP contribution in [-0.4, -0.2) is 70.4 Å². The molecule has 2 saturated carbocycles. The topological polar surface area (TPSA) is 140 Å². The monoisotopic (exact) mass is 719 g/mol. The first kappa shape index (κ1) is 35.2. The number of hydrogen-bond acceptors (Lipinski definition) is 8. The van der Waals surface area contributed by atoms with Crippen LogP contribution in [0.15, 0.2) is 54.6 Å². The number of amides is 2. The van der Waals surface area contributed by atoms with Gasteiger partial charge in [-0.25, -0.2) is 12.8 Å². The van der Waals surface area contributed by atoms with Gasteiger partial charge < -0.3 is 15.0 Å². The second-order valence-electron chi connectivity index (χ2n) is 14.7. The van der Waals surface area contributed by atoms with Gasteiger partial charge >= 0.3 is 0 Å². The number of fused-ring (bicyclic) bond motifs is 3. The lowest BCUT2D eigenvalue weighted by molar-refractivity contribution is -0.139. The first-order valence-electron chi connectivity index (χ1n) is 18.2. The Balaban J connectivity index is 1.21. The van der Waals surface area contributed by atoms with Crippen LogP contribution in [0.1, 0.15) is 76.7 Å². The van der Waals surface area contributed by atoms with E-state index in [1.807, 2.05) is 47.9 Å². The summed E-state index contributed by atoms with van der Waals surface area (Å²) in [5.41, 5.74) is 1.65. The van der Waals surface area contributed by atoms with Crippen LogP contribution in [0.5, 0.6) is 6.01 Å². The number of allylic oxidation sites excluding steroid dienone is 2. The van der Waals surface area contributed by atoms with Crippen molar-refractivity contribution in [3.05, 3.63) is 66.0 Å². The van der Waals surface area contributed by atoms with Crippen molar-refractivity contribution >= 4 is 44.3 Å². The van der Waals surface area contributed by atoms with Crippen LogP contribution in [0.2, 0.25) is 0 Å². The van der Waals surface area contributed by atoms with E-state index in [4.69, 9.17) is 9.72 Å². The lowest BCUT2D eigenvalue weighted by atomic mass is 9.91. The smallest absolute Gasteiger partial charge is 0.297 e. The molecule has 0 unspecified atom stereocenters. The Morgan fingerprint density at radius 2 is 1.90 bits per heavy atom. The number of aromatic nitrogens is 2. The van der Waals surface area contributed by atoms with Crippen LogP contribution < -0.4 is 14.8 Å². The van der Waals surface area contributed by atoms with E-state index in [1.165, 1.54) is 12.1 Å². The van der Waals surface area contributed by atoms with E-state index in [1.54, 1.807) is 17.9 Å². The molecule has 0 radical (unpaired) electrons. The molecule has 2 aliphatic heterocycles. The van der Waals surface area contributed by atoms with Gasteiger partial charge in [-0.3, -0.25) is 23.7 Å². The predicted octanol–water partition coefficient (Wildman–Crippen LogP) is 5.43. The van der Waals surface area contributed by atoms with E-state index in [-0.39, 0.29) is 37.0 Å². The lowest BCUT2D eigenvalue weighted by Crippen LogP contribution is -2.49. The summed E-state index contributed by atoms with van der Waals surface area (Å²) in [6, 6.07) is 11.0. The Kier molecular flexibility index (Phi) is 9.68. The quantitative estimate of drug-likeness (QED) is 0.294. The molecule has 0 bridgehead atoms. The number of anilines is 1. The van der Waals surface area contributed by atoms with Crippen molar-refractivity contribution in [3.8, 4) is 6.01 Å². The third-order valence-corrected chi connectivity index (χ3v) is 12.6. The fourth-order valence-corrected chi connectivity index (χ4v) is 9.19. The van der Waals surface area contributed by atoms with Gasteiger partial charge in [0.2, 0.25) is 21.8 Å². The van der Waals surface area contributed by atoms with E-state index in [0.717, 1.165) is 36.7 Å². The van der Waals surface area contributed by atoms with E-state index in [0.29, 0.717) is 49.5 Å². The molecule has 1 aromatic heterocycles. The summed E-state index contributed by atoms with van der Waals surface area (Å²) in [7, 11) is -3.82. The van der Waals surface area contributed by atoms with E-state index in [2.05, 4.69) is 10.0 Å². The molecular weight excluding hydrogens is 674 g/mol. The molecule has 11 nitrogen and oxygen atoms in total. The summed E-state index contributed by atoms with van der Waals surface area (Å²) in [5.74, 6) is -1.97. The van der Waals surface area contributed by atoms with Crippen LogP contribution >= 0.6 is 0 Å². The van der Waals surface area contributed by atoms with E-state index in [9.17, 15) is 27.2 Å². The predicted molar refractivity (Wildman–Crippen MR) is 191 cm³/mol. The molecule has 2 amide bonds. The van der Waals surface area contributed by atoms with Crippen molar-refractivity contribution in [2.24, 2.45) is 11.3 Å². The highest BCUT2D eigenvalue weighted by atomic mass is 32.2. The molecule has 2 aliphatic carbocycles. The second-order valence-corrected chi connectivity index (χ2v) is 16.6. The zero-order chi connectivity index (χ0) is 35.9. The molecule has 3 fully saturated rings. The van der Waals surface area contributed by atoms with Crippen LogP contribution in [-0.2, 0) is 31.0 Å². The largest absolute Gasteiger partial charge is 0.459 e. The number of rotatable bonds is 8. The van der Waals surface area contributed by atoms with E-state index >= 15 is 0 Å². The average molecular weight is 720 g/mol. The Bertz CT molecular complexity index is 1960. The van der Waals surface area contributed by atoms with Gasteiger partial charge in [-0.1, -0.05) is 37.1 Å². The summed E-state index contributed by atoms with van der Waals surface area (Å²) >= 11 is 0. The minimum absolute atomic E-state index is 0.112. The number of hydrogen-bond donors (Lipinski definition) is 2. The molecule has 1 saturated heterocycles. The van der Waals surface area contributed by atoms with Crippen LogP contribution in [0.3, 0.4) is 0 Å². The maximum Gasteiger partial charge on any atom is 0.297 e. The molecule has 51 heavy (non-hydrogen) atoms. The number of aryl methyl sites for hydroxylation is 2.